The fraction of sp³-hybridized carbons (Fsp3) is 0.560. The fourth-order valence-corrected chi connectivity index (χ4v) is 6.07. The number of rotatable bonds is 9. The van der Waals surface area contributed by atoms with E-state index in [2.05, 4.69) is 46.7 Å². The lowest BCUT2D eigenvalue weighted by atomic mass is 10.0. The van der Waals surface area contributed by atoms with Gasteiger partial charge in [-0.15, -0.1) is 0 Å². The van der Waals surface area contributed by atoms with Crippen LogP contribution in [0.3, 0.4) is 0 Å². The van der Waals surface area contributed by atoms with E-state index in [0.717, 1.165) is 45.2 Å². The number of nitrogens with one attached hydrogen (secondary N) is 3. The summed E-state index contributed by atoms with van der Waals surface area (Å²) in [7, 11) is 1.71. The van der Waals surface area contributed by atoms with E-state index in [1.54, 1.807) is 13.2 Å². The van der Waals surface area contributed by atoms with Gasteiger partial charge in [0.25, 0.3) is 5.91 Å². The average Bonchev–Trinajstić information content (AvgIpc) is 3.34. The molecule has 0 spiro atoms. The van der Waals surface area contributed by atoms with Crippen molar-refractivity contribution < 1.29 is 22.3 Å². The van der Waals surface area contributed by atoms with Crippen LogP contribution in [-0.4, -0.2) is 92.2 Å². The zero-order chi connectivity index (χ0) is 28.3. The molecule has 1 aromatic carbocycles. The second kappa shape index (κ2) is 12.3. The lowest BCUT2D eigenvalue weighted by Gasteiger charge is -2.29. The van der Waals surface area contributed by atoms with Gasteiger partial charge in [-0.1, -0.05) is 0 Å². The number of piperidine rings is 1. The van der Waals surface area contributed by atoms with Gasteiger partial charge in [0, 0.05) is 37.4 Å². The molecule has 1 amide bonds. The first-order chi connectivity index (χ1) is 18.5. The van der Waals surface area contributed by atoms with Crippen LogP contribution < -0.4 is 20.7 Å². The molecule has 214 valence electrons. The number of methoxy groups -OCH3 is 1. The maximum absolute atomic E-state index is 15.1. The molecule has 2 atom stereocenters. The largest absolute Gasteiger partial charge is 0.495 e. The number of amides is 1. The van der Waals surface area contributed by atoms with Crippen LogP contribution in [0.1, 0.15) is 42.5 Å². The number of sulfonamides is 1. The molecule has 2 aromatic rings. The van der Waals surface area contributed by atoms with E-state index in [1.165, 1.54) is 29.8 Å². The number of hydrogen-bond donors (Lipinski definition) is 3. The second-order valence-corrected chi connectivity index (χ2v) is 13.0. The van der Waals surface area contributed by atoms with Crippen LogP contribution in [-0.2, 0) is 10.0 Å². The van der Waals surface area contributed by atoms with Crippen molar-refractivity contribution in [2.24, 2.45) is 0 Å². The zero-order valence-electron chi connectivity index (χ0n) is 22.5. The van der Waals surface area contributed by atoms with Gasteiger partial charge in [-0.25, -0.2) is 22.1 Å². The Hall–Kier alpha value is -2.55. The van der Waals surface area contributed by atoms with Crippen LogP contribution in [0.2, 0.25) is 0 Å². The molecule has 2 aliphatic rings. The van der Waals surface area contributed by atoms with Crippen molar-refractivity contribution >= 4 is 49.3 Å². The van der Waals surface area contributed by atoms with E-state index >= 15 is 4.39 Å². The van der Waals surface area contributed by atoms with Crippen molar-refractivity contribution in [2.45, 2.75) is 50.2 Å². The highest BCUT2D eigenvalue weighted by atomic mass is 79.9. The van der Waals surface area contributed by atoms with Crippen LogP contribution in [0.5, 0.6) is 5.75 Å². The number of carbonyl (C=O) groups excluding carboxylic acids is 1. The number of hydrogen-bond acceptors (Lipinski definition) is 9. The molecule has 0 radical (unpaired) electrons. The van der Waals surface area contributed by atoms with Crippen LogP contribution >= 0.6 is 15.9 Å². The number of likely N-dealkylation sites (N-methyl/N-ethyl adjacent to an activating group) is 1. The quantitative estimate of drug-likeness (QED) is 0.384. The van der Waals surface area contributed by atoms with Gasteiger partial charge in [0.15, 0.2) is 0 Å². The zero-order valence-corrected chi connectivity index (χ0v) is 24.9. The van der Waals surface area contributed by atoms with Crippen LogP contribution in [0, 0.1) is 5.82 Å². The number of ether oxygens (including phenoxy) is 1. The van der Waals surface area contributed by atoms with Crippen molar-refractivity contribution in [1.82, 2.24) is 24.5 Å². The molecule has 39 heavy (non-hydrogen) atoms. The summed E-state index contributed by atoms with van der Waals surface area (Å²) in [5.41, 5.74) is 0.160. The predicted octanol–water partition coefficient (Wildman–Crippen LogP) is 3.18. The summed E-state index contributed by atoms with van der Waals surface area (Å²) >= 11 is 3.45. The van der Waals surface area contributed by atoms with Gasteiger partial charge in [-0.05, 0) is 74.2 Å². The molecule has 3 N–H and O–H groups in total. The first-order valence-electron chi connectivity index (χ1n) is 12.8. The highest BCUT2D eigenvalue weighted by Crippen LogP contribution is 2.33. The first-order valence-corrected chi connectivity index (χ1v) is 15.5. The van der Waals surface area contributed by atoms with Gasteiger partial charge in [0.05, 0.1) is 29.1 Å². The monoisotopic (exact) mass is 627 g/mol. The van der Waals surface area contributed by atoms with Gasteiger partial charge < -0.3 is 25.6 Å². The number of nitrogens with zero attached hydrogens (tertiary/aromatic N) is 4. The number of anilines is 3. The molecular formula is C25H35BrFN7O4S. The molecular weight excluding hydrogens is 593 g/mol. The van der Waals surface area contributed by atoms with Crippen LogP contribution in [0.25, 0.3) is 0 Å². The maximum Gasteiger partial charge on any atom is 0.254 e. The third-order valence-electron chi connectivity index (χ3n) is 7.37. The average molecular weight is 629 g/mol. The molecule has 2 fully saturated rings. The van der Waals surface area contributed by atoms with Gasteiger partial charge in [0.1, 0.15) is 17.4 Å². The highest BCUT2D eigenvalue weighted by Gasteiger charge is 2.35. The van der Waals surface area contributed by atoms with Crippen molar-refractivity contribution in [3.05, 3.63) is 34.2 Å². The molecule has 1 aliphatic heterocycles. The van der Waals surface area contributed by atoms with Crippen molar-refractivity contribution in [3.63, 3.8) is 0 Å². The van der Waals surface area contributed by atoms with E-state index in [1.807, 2.05) is 7.05 Å². The lowest BCUT2D eigenvalue weighted by Crippen LogP contribution is -2.44. The smallest absolute Gasteiger partial charge is 0.254 e. The Morgan fingerprint density at radius 2 is 1.95 bits per heavy atom. The number of aromatic nitrogens is 2. The first kappa shape index (κ1) is 29.4. The summed E-state index contributed by atoms with van der Waals surface area (Å²) in [5, 5.41) is 9.24. The molecule has 1 aromatic heterocycles. The van der Waals surface area contributed by atoms with Crippen molar-refractivity contribution in [3.8, 4) is 5.75 Å². The minimum Gasteiger partial charge on any atom is -0.495 e. The number of benzene rings is 1. The molecule has 0 bridgehead atoms. The van der Waals surface area contributed by atoms with E-state index in [9.17, 15) is 13.2 Å². The summed E-state index contributed by atoms with van der Waals surface area (Å²) in [5.74, 6) is -0.273. The Kier molecular flexibility index (Phi) is 9.29. The van der Waals surface area contributed by atoms with E-state index in [-0.39, 0.29) is 41.1 Å². The van der Waals surface area contributed by atoms with Gasteiger partial charge in [-0.3, -0.25) is 4.79 Å². The molecule has 1 saturated carbocycles. The predicted molar refractivity (Wildman–Crippen MR) is 152 cm³/mol. The molecule has 1 aliphatic carbocycles. The number of likely N-dealkylation sites (tertiary alicyclic amines) is 1. The molecule has 11 nitrogen and oxygen atoms in total. The Morgan fingerprint density at radius 1 is 1.23 bits per heavy atom. The van der Waals surface area contributed by atoms with E-state index in [4.69, 9.17) is 4.74 Å². The molecule has 1 saturated heterocycles. The molecule has 4 rings (SSSR count). The Balaban J connectivity index is 1.50. The van der Waals surface area contributed by atoms with Crippen molar-refractivity contribution in [2.75, 3.05) is 51.2 Å². The summed E-state index contributed by atoms with van der Waals surface area (Å²) in [4.78, 5) is 23.8. The normalized spacial score (nSPS) is 20.7. The fourth-order valence-electron chi connectivity index (χ4n) is 5.02. The summed E-state index contributed by atoms with van der Waals surface area (Å²) in [6.07, 6.45) is 6.76. The molecule has 0 unspecified atom stereocenters. The van der Waals surface area contributed by atoms with Crippen LogP contribution in [0.4, 0.5) is 21.8 Å². The summed E-state index contributed by atoms with van der Waals surface area (Å²) in [6, 6.07) is 2.20. The Labute approximate surface area is 237 Å². The SMILES string of the molecule is COc1cc(C(=O)NC2CCN(C)CC2)c(F)cc1Nc1ncc(Br)c(N[C@@H]2CCC[C@H]2N(C)S(C)(=O)=O)n1. The number of halogens is 2. The Bertz CT molecular complexity index is 1310. The van der Waals surface area contributed by atoms with Crippen LogP contribution in [0.15, 0.2) is 22.8 Å². The summed E-state index contributed by atoms with van der Waals surface area (Å²) < 4.78 is 46.7. The third kappa shape index (κ3) is 7.16. The maximum atomic E-state index is 15.1. The topological polar surface area (TPSA) is 129 Å². The minimum atomic E-state index is -3.35. The molecule has 2 heterocycles. The van der Waals surface area contributed by atoms with Gasteiger partial charge >= 0.3 is 0 Å². The highest BCUT2D eigenvalue weighted by molar-refractivity contribution is 9.10. The lowest BCUT2D eigenvalue weighted by molar-refractivity contribution is 0.0912. The van der Waals surface area contributed by atoms with Crippen molar-refractivity contribution in [1.29, 1.82) is 0 Å². The van der Waals surface area contributed by atoms with Gasteiger partial charge in [0.2, 0.25) is 16.0 Å². The van der Waals surface area contributed by atoms with E-state index in [0.29, 0.717) is 10.3 Å². The second-order valence-electron chi connectivity index (χ2n) is 10.1. The Morgan fingerprint density at radius 3 is 2.62 bits per heavy atom. The summed E-state index contributed by atoms with van der Waals surface area (Å²) in [6.45, 7) is 1.75. The minimum absolute atomic E-state index is 0.00401. The number of carbonyl (C=O) groups is 1. The van der Waals surface area contributed by atoms with E-state index < -0.39 is 21.7 Å². The standard InChI is InChI=1S/C25H35BrFN7O4S/c1-33-10-8-15(9-11-33)29-24(35)16-12-22(38-3)20(13-18(16)27)31-25-28-14-17(26)23(32-25)30-19-6-5-7-21(19)34(2)39(4,36)37/h12-15,19,21H,5-11H2,1-4H3,(H,29,35)(H2,28,30,31,32)/t19-,21-/m1/s1. The third-order valence-corrected chi connectivity index (χ3v) is 9.27. The van der Waals surface area contributed by atoms with Gasteiger partial charge in [-0.2, -0.15) is 4.98 Å². The molecule has 14 heteroatoms.